The quantitative estimate of drug-likeness (QED) is 0.536. The van der Waals surface area contributed by atoms with Crippen molar-refractivity contribution in [2.45, 2.75) is 0 Å². The van der Waals surface area contributed by atoms with Crippen molar-refractivity contribution in [3.63, 3.8) is 0 Å². The van der Waals surface area contributed by atoms with Crippen LogP contribution < -0.4 is 0 Å². The van der Waals surface area contributed by atoms with Gasteiger partial charge in [0.1, 0.15) is 0 Å². The van der Waals surface area contributed by atoms with Crippen LogP contribution in [0.2, 0.25) is 0 Å². The third kappa shape index (κ3) is 5.00. The Balaban J connectivity index is 0.00000133. The van der Waals surface area contributed by atoms with E-state index in [0.29, 0.717) is 0 Å². The van der Waals surface area contributed by atoms with Crippen LogP contribution >= 0.6 is 34.0 Å². The zero-order valence-corrected chi connectivity index (χ0v) is 15.2. The number of rotatable bonds is 2. The molecule has 6 heteroatoms. The molecule has 3 aromatic rings. The second kappa shape index (κ2) is 9.79. The van der Waals surface area contributed by atoms with Gasteiger partial charge in [-0.2, -0.15) is 0 Å². The van der Waals surface area contributed by atoms with Crippen LogP contribution in [0.25, 0.3) is 22.8 Å². The minimum absolute atomic E-state index is 0. The third-order valence-electron chi connectivity index (χ3n) is 2.60. The minimum atomic E-state index is 0. The zero-order valence-electron chi connectivity index (χ0n) is 10.8. The number of halogens is 2. The minimum Gasteiger partial charge on any atom is -0.255 e. The van der Waals surface area contributed by atoms with Crippen LogP contribution in [0.1, 0.15) is 0 Å². The summed E-state index contributed by atoms with van der Waals surface area (Å²) in [5.74, 6) is 0. The average Bonchev–Trinajstić information content (AvgIpc) is 2.49. The molecule has 113 valence electrons. The maximum absolute atomic E-state index is 4.59. The molecule has 3 heterocycles. The molecule has 0 aliphatic heterocycles. The van der Waals surface area contributed by atoms with Gasteiger partial charge in [0.25, 0.3) is 0 Å². The molecular weight excluding hydrogens is 446 g/mol. The smallest absolute Gasteiger partial charge is 0.0894 e. The van der Waals surface area contributed by atoms with Gasteiger partial charge in [-0.05, 0) is 36.4 Å². The summed E-state index contributed by atoms with van der Waals surface area (Å²) >= 11 is 0. The van der Waals surface area contributed by atoms with Gasteiger partial charge in [0, 0.05) is 29.5 Å². The van der Waals surface area contributed by atoms with E-state index in [4.69, 9.17) is 0 Å². The Morgan fingerprint density at radius 2 is 0.952 bits per heavy atom. The topological polar surface area (TPSA) is 38.7 Å². The molecule has 0 saturated heterocycles. The second-order valence-electron chi connectivity index (χ2n) is 3.84. The summed E-state index contributed by atoms with van der Waals surface area (Å²) in [5.41, 5.74) is 3.46. The van der Waals surface area contributed by atoms with Gasteiger partial charge in [0.15, 0.2) is 0 Å². The summed E-state index contributed by atoms with van der Waals surface area (Å²) in [6, 6.07) is 17.5. The number of hydrogen-bond donors (Lipinski definition) is 0. The van der Waals surface area contributed by atoms with Crippen molar-refractivity contribution in [2.75, 3.05) is 0 Å². The number of nitrogens with zero attached hydrogens (tertiary/aromatic N) is 3. The molecule has 21 heavy (non-hydrogen) atoms. The Kier molecular flexibility index (Phi) is 9.29. The third-order valence-corrected chi connectivity index (χ3v) is 2.60. The molecule has 0 spiro atoms. The Morgan fingerprint density at radius 1 is 0.524 bits per heavy atom. The van der Waals surface area contributed by atoms with E-state index >= 15 is 0 Å². The molecule has 0 aliphatic carbocycles. The van der Waals surface area contributed by atoms with Gasteiger partial charge >= 0.3 is 0 Å². The van der Waals surface area contributed by atoms with E-state index in [9.17, 15) is 0 Å². The van der Waals surface area contributed by atoms with Gasteiger partial charge in [-0.25, -0.2) is 4.98 Å². The van der Waals surface area contributed by atoms with Crippen LogP contribution in [0.5, 0.6) is 0 Å². The molecule has 3 nitrogen and oxygen atoms in total. The van der Waals surface area contributed by atoms with Gasteiger partial charge in [-0.1, -0.05) is 18.2 Å². The van der Waals surface area contributed by atoms with Crippen LogP contribution in [-0.4, -0.2) is 15.0 Å². The predicted octanol–water partition coefficient (Wildman–Crippen LogP) is 4.36. The van der Waals surface area contributed by atoms with E-state index in [1.54, 1.807) is 12.4 Å². The van der Waals surface area contributed by atoms with Gasteiger partial charge in [0.2, 0.25) is 0 Å². The second-order valence-corrected chi connectivity index (χ2v) is 3.84. The largest absolute Gasteiger partial charge is 0.255 e. The number of hydrogen-bond acceptors (Lipinski definition) is 3. The first-order chi connectivity index (χ1) is 8.93. The molecular formula is C15H13Br2CuN3. The Labute approximate surface area is 155 Å². The summed E-state index contributed by atoms with van der Waals surface area (Å²) in [5, 5.41) is 0. The monoisotopic (exact) mass is 456 g/mol. The Hall–Kier alpha value is -1.07. The fraction of sp³-hybridized carbons (Fsp3) is 0. The van der Waals surface area contributed by atoms with Crippen molar-refractivity contribution in [2.24, 2.45) is 0 Å². The zero-order chi connectivity index (χ0) is 12.2. The maximum atomic E-state index is 4.59. The molecule has 0 amide bonds. The van der Waals surface area contributed by atoms with Gasteiger partial charge in [0.05, 0.1) is 22.8 Å². The summed E-state index contributed by atoms with van der Waals surface area (Å²) in [6.45, 7) is 0. The summed E-state index contributed by atoms with van der Waals surface area (Å²) in [7, 11) is 0. The predicted molar refractivity (Wildman–Crippen MR) is 91.3 cm³/mol. The van der Waals surface area contributed by atoms with Gasteiger partial charge in [-0.15, -0.1) is 34.0 Å². The molecule has 1 radical (unpaired) electrons. The van der Waals surface area contributed by atoms with Crippen LogP contribution in [0.15, 0.2) is 67.0 Å². The first-order valence-corrected chi connectivity index (χ1v) is 5.73. The Bertz CT molecular complexity index is 597. The van der Waals surface area contributed by atoms with Crippen molar-refractivity contribution in [3.8, 4) is 22.8 Å². The normalized spacial score (nSPS) is 8.76. The van der Waals surface area contributed by atoms with Crippen molar-refractivity contribution in [1.29, 1.82) is 0 Å². The number of pyridine rings is 3. The van der Waals surface area contributed by atoms with E-state index in [1.807, 2.05) is 54.6 Å². The van der Waals surface area contributed by atoms with Crippen molar-refractivity contribution in [1.82, 2.24) is 15.0 Å². The van der Waals surface area contributed by atoms with E-state index < -0.39 is 0 Å². The summed E-state index contributed by atoms with van der Waals surface area (Å²) in [4.78, 5) is 13.2. The van der Waals surface area contributed by atoms with Crippen LogP contribution in [0.3, 0.4) is 0 Å². The molecule has 0 saturated carbocycles. The molecule has 0 atom stereocenters. The molecule has 0 unspecified atom stereocenters. The maximum Gasteiger partial charge on any atom is 0.0894 e. The van der Waals surface area contributed by atoms with Crippen molar-refractivity contribution in [3.05, 3.63) is 67.0 Å². The van der Waals surface area contributed by atoms with Crippen molar-refractivity contribution < 1.29 is 17.1 Å². The molecule has 0 fully saturated rings. The van der Waals surface area contributed by atoms with E-state index in [2.05, 4.69) is 15.0 Å². The fourth-order valence-electron chi connectivity index (χ4n) is 1.75. The van der Waals surface area contributed by atoms with Gasteiger partial charge < -0.3 is 0 Å². The SMILES string of the molecule is Br.Br.[Cu].c1ccc(-c2cccc(-c3ccccn3)n2)nc1. The van der Waals surface area contributed by atoms with E-state index in [1.165, 1.54) is 0 Å². The molecule has 0 bridgehead atoms. The molecule has 3 aromatic heterocycles. The Morgan fingerprint density at radius 3 is 1.33 bits per heavy atom. The van der Waals surface area contributed by atoms with Crippen LogP contribution in [-0.2, 0) is 17.1 Å². The van der Waals surface area contributed by atoms with Gasteiger partial charge in [-0.3, -0.25) is 9.97 Å². The summed E-state index contributed by atoms with van der Waals surface area (Å²) < 4.78 is 0. The van der Waals surface area contributed by atoms with E-state index in [0.717, 1.165) is 22.8 Å². The first kappa shape index (κ1) is 19.9. The van der Waals surface area contributed by atoms with E-state index in [-0.39, 0.29) is 51.0 Å². The average molecular weight is 459 g/mol. The number of aromatic nitrogens is 3. The first-order valence-electron chi connectivity index (χ1n) is 5.73. The van der Waals surface area contributed by atoms with Crippen LogP contribution in [0, 0.1) is 0 Å². The molecule has 0 aromatic carbocycles. The standard InChI is InChI=1S/C15H11N3.2BrH.Cu/c1-3-10-16-12(6-1)14-8-5-9-15(18-14)13-7-2-4-11-17-13;;;/h1-11H;2*1H;. The molecule has 3 rings (SSSR count). The fourth-order valence-corrected chi connectivity index (χ4v) is 1.75. The summed E-state index contributed by atoms with van der Waals surface area (Å²) in [6.07, 6.45) is 3.54. The molecule has 0 N–H and O–H groups in total. The van der Waals surface area contributed by atoms with Crippen molar-refractivity contribution >= 4 is 34.0 Å². The van der Waals surface area contributed by atoms with Crippen LogP contribution in [0.4, 0.5) is 0 Å². The molecule has 0 aliphatic rings.